The Labute approximate surface area is 123 Å². The van der Waals surface area contributed by atoms with Crippen LogP contribution < -0.4 is 11.1 Å². The normalized spacial score (nSPS) is 9.67. The lowest BCUT2D eigenvalue weighted by Gasteiger charge is -2.08. The number of rotatable bonds is 2. The summed E-state index contributed by atoms with van der Waals surface area (Å²) >= 11 is 0. The van der Waals surface area contributed by atoms with E-state index in [4.69, 9.17) is 5.73 Å². The van der Waals surface area contributed by atoms with Gasteiger partial charge in [0.2, 0.25) is 0 Å². The monoisotopic (exact) mass is 282 g/mol. The molecule has 21 heavy (non-hydrogen) atoms. The number of hydrogen-bond donors (Lipinski definition) is 2. The zero-order valence-electron chi connectivity index (χ0n) is 11.6. The molecule has 0 aliphatic rings. The second-order valence-corrected chi connectivity index (χ2v) is 4.47. The van der Waals surface area contributed by atoms with Crippen molar-refractivity contribution in [2.45, 2.75) is 6.92 Å². The van der Waals surface area contributed by atoms with Gasteiger partial charge in [-0.15, -0.1) is 0 Å². The van der Waals surface area contributed by atoms with Gasteiger partial charge in [0.1, 0.15) is 5.82 Å². The quantitative estimate of drug-likeness (QED) is 0.832. The molecule has 1 amide bonds. The van der Waals surface area contributed by atoms with Crippen LogP contribution in [0.15, 0.2) is 42.5 Å². The van der Waals surface area contributed by atoms with Crippen LogP contribution in [0.1, 0.15) is 21.5 Å². The van der Waals surface area contributed by atoms with E-state index in [9.17, 15) is 9.18 Å². The van der Waals surface area contributed by atoms with Gasteiger partial charge in [-0.25, -0.2) is 4.39 Å². The van der Waals surface area contributed by atoms with Crippen molar-refractivity contribution < 1.29 is 9.18 Å². The molecule has 3 N–H and O–H groups in total. The van der Waals surface area contributed by atoms with Crippen molar-refractivity contribution in [3.05, 3.63) is 65.0 Å². The molecule has 0 fully saturated rings. The Morgan fingerprint density at radius 3 is 2.76 bits per heavy atom. The molecule has 0 saturated heterocycles. The van der Waals surface area contributed by atoms with Gasteiger partial charge in [0.05, 0.1) is 12.1 Å². The lowest BCUT2D eigenvalue weighted by molar-refractivity contribution is 0.102. The molecule has 0 saturated carbocycles. The zero-order valence-corrected chi connectivity index (χ0v) is 11.6. The van der Waals surface area contributed by atoms with Crippen LogP contribution in [0.2, 0.25) is 0 Å². The van der Waals surface area contributed by atoms with E-state index in [0.29, 0.717) is 5.69 Å². The fourth-order valence-corrected chi connectivity index (χ4v) is 1.82. The maximum Gasteiger partial charge on any atom is 0.258 e. The molecule has 0 aliphatic heterocycles. The molecule has 0 atom stereocenters. The molecule has 2 aromatic carbocycles. The fourth-order valence-electron chi connectivity index (χ4n) is 1.82. The summed E-state index contributed by atoms with van der Waals surface area (Å²) in [6.07, 6.45) is 0. The third-order valence-electron chi connectivity index (χ3n) is 2.94. The predicted octanol–water partition coefficient (Wildman–Crippen LogP) is 2.70. The van der Waals surface area contributed by atoms with Gasteiger partial charge in [0.25, 0.3) is 5.91 Å². The number of carbonyl (C=O) groups is 1. The molecule has 0 spiro atoms. The molecule has 3 nitrogen and oxygen atoms in total. The van der Waals surface area contributed by atoms with E-state index in [2.05, 4.69) is 17.2 Å². The van der Waals surface area contributed by atoms with E-state index in [1.54, 1.807) is 24.3 Å². The summed E-state index contributed by atoms with van der Waals surface area (Å²) in [4.78, 5) is 12.0. The molecule has 0 radical (unpaired) electrons. The lowest BCUT2D eigenvalue weighted by atomic mass is 10.1. The number of hydrogen-bond acceptors (Lipinski definition) is 2. The SMILES string of the molecule is Cc1ccc(NC(=O)c2ccccc2F)cc1C#CCN. The molecular formula is C17H15FN2O. The van der Waals surface area contributed by atoms with E-state index < -0.39 is 11.7 Å². The smallest absolute Gasteiger partial charge is 0.258 e. The highest BCUT2D eigenvalue weighted by Gasteiger charge is 2.11. The summed E-state index contributed by atoms with van der Waals surface area (Å²) in [5.41, 5.74) is 7.69. The van der Waals surface area contributed by atoms with E-state index in [1.165, 1.54) is 12.1 Å². The van der Waals surface area contributed by atoms with Gasteiger partial charge in [-0.05, 0) is 36.8 Å². The Bertz CT molecular complexity index is 729. The van der Waals surface area contributed by atoms with E-state index in [-0.39, 0.29) is 12.1 Å². The number of aryl methyl sites for hydroxylation is 1. The summed E-state index contributed by atoms with van der Waals surface area (Å²) in [5.74, 6) is 4.67. The van der Waals surface area contributed by atoms with Gasteiger partial charge >= 0.3 is 0 Å². The Kier molecular flexibility index (Phi) is 4.70. The number of carbonyl (C=O) groups excluding carboxylic acids is 1. The van der Waals surface area contributed by atoms with Crippen molar-refractivity contribution in [1.82, 2.24) is 0 Å². The molecule has 4 heteroatoms. The largest absolute Gasteiger partial charge is 0.322 e. The van der Waals surface area contributed by atoms with Crippen LogP contribution in [-0.4, -0.2) is 12.5 Å². The van der Waals surface area contributed by atoms with Crippen molar-refractivity contribution in [3.63, 3.8) is 0 Å². The van der Waals surface area contributed by atoms with Gasteiger partial charge in [0.15, 0.2) is 0 Å². The van der Waals surface area contributed by atoms with Gasteiger partial charge in [-0.3, -0.25) is 4.79 Å². The molecular weight excluding hydrogens is 267 g/mol. The number of nitrogens with one attached hydrogen (secondary N) is 1. The molecule has 0 aromatic heterocycles. The van der Waals surface area contributed by atoms with E-state index in [1.807, 2.05) is 13.0 Å². The van der Waals surface area contributed by atoms with Crippen molar-refractivity contribution in [1.29, 1.82) is 0 Å². The first-order chi connectivity index (χ1) is 10.1. The first-order valence-corrected chi connectivity index (χ1v) is 6.47. The van der Waals surface area contributed by atoms with Crippen molar-refractivity contribution in [2.24, 2.45) is 5.73 Å². The average Bonchev–Trinajstić information content (AvgIpc) is 2.48. The highest BCUT2D eigenvalue weighted by atomic mass is 19.1. The van der Waals surface area contributed by atoms with Crippen LogP contribution >= 0.6 is 0 Å². The van der Waals surface area contributed by atoms with Crippen molar-refractivity contribution >= 4 is 11.6 Å². The third-order valence-corrected chi connectivity index (χ3v) is 2.94. The minimum atomic E-state index is -0.551. The standard InChI is InChI=1S/C17H15FN2O/c1-12-8-9-14(11-13(12)5-4-10-19)20-17(21)15-6-2-3-7-16(15)18/h2-3,6-9,11H,10,19H2,1H3,(H,20,21). The Morgan fingerprint density at radius 1 is 1.29 bits per heavy atom. The minimum Gasteiger partial charge on any atom is -0.322 e. The first-order valence-electron chi connectivity index (χ1n) is 6.47. The van der Waals surface area contributed by atoms with Crippen LogP contribution in [0.4, 0.5) is 10.1 Å². The molecule has 106 valence electrons. The molecule has 0 bridgehead atoms. The highest BCUT2D eigenvalue weighted by Crippen LogP contribution is 2.16. The maximum atomic E-state index is 13.6. The topological polar surface area (TPSA) is 55.1 Å². The summed E-state index contributed by atoms with van der Waals surface area (Å²) in [6, 6.07) is 11.2. The highest BCUT2D eigenvalue weighted by molar-refractivity contribution is 6.04. The van der Waals surface area contributed by atoms with Gasteiger partial charge in [-0.2, -0.15) is 0 Å². The number of halogens is 1. The Balaban J connectivity index is 2.24. The molecule has 0 aliphatic carbocycles. The maximum absolute atomic E-state index is 13.6. The second-order valence-electron chi connectivity index (χ2n) is 4.47. The number of nitrogens with two attached hydrogens (primary N) is 1. The molecule has 0 heterocycles. The average molecular weight is 282 g/mol. The zero-order chi connectivity index (χ0) is 15.2. The van der Waals surface area contributed by atoms with Crippen molar-refractivity contribution in [3.8, 4) is 11.8 Å². The predicted molar refractivity (Wildman–Crippen MR) is 81.5 cm³/mol. The lowest BCUT2D eigenvalue weighted by Crippen LogP contribution is -2.13. The van der Waals surface area contributed by atoms with Gasteiger partial charge in [0, 0.05) is 11.3 Å². The van der Waals surface area contributed by atoms with E-state index >= 15 is 0 Å². The van der Waals surface area contributed by atoms with Gasteiger partial charge < -0.3 is 11.1 Å². The summed E-state index contributed by atoms with van der Waals surface area (Å²) in [5, 5.41) is 2.67. The Hall–Kier alpha value is -2.64. The summed E-state index contributed by atoms with van der Waals surface area (Å²) in [6.45, 7) is 2.19. The van der Waals surface area contributed by atoms with E-state index in [0.717, 1.165) is 11.1 Å². The minimum absolute atomic E-state index is 0.00710. The van der Waals surface area contributed by atoms with Crippen molar-refractivity contribution in [2.75, 3.05) is 11.9 Å². The van der Waals surface area contributed by atoms with Crippen LogP contribution in [0.3, 0.4) is 0 Å². The third kappa shape index (κ3) is 3.68. The van der Waals surface area contributed by atoms with Crippen LogP contribution in [0.5, 0.6) is 0 Å². The van der Waals surface area contributed by atoms with Gasteiger partial charge in [-0.1, -0.05) is 30.0 Å². The summed E-state index contributed by atoms with van der Waals surface area (Å²) < 4.78 is 13.6. The summed E-state index contributed by atoms with van der Waals surface area (Å²) in [7, 11) is 0. The Morgan fingerprint density at radius 2 is 2.05 bits per heavy atom. The van der Waals surface area contributed by atoms with Crippen LogP contribution in [0, 0.1) is 24.6 Å². The molecule has 2 aromatic rings. The molecule has 0 unspecified atom stereocenters. The number of amides is 1. The first kappa shape index (κ1) is 14.8. The number of benzene rings is 2. The van der Waals surface area contributed by atoms with Crippen LogP contribution in [0.25, 0.3) is 0 Å². The second kappa shape index (κ2) is 6.69. The molecule has 2 rings (SSSR count). The fraction of sp³-hybridized carbons (Fsp3) is 0.118. The number of anilines is 1. The van der Waals surface area contributed by atoms with Crippen LogP contribution in [-0.2, 0) is 0 Å².